The van der Waals surface area contributed by atoms with Gasteiger partial charge in [0.25, 0.3) is 0 Å². The van der Waals surface area contributed by atoms with Crippen molar-refractivity contribution in [2.45, 2.75) is 0 Å². The van der Waals surface area contributed by atoms with Gasteiger partial charge in [0.05, 0.1) is 0 Å². The van der Waals surface area contributed by atoms with Gasteiger partial charge in [-0.2, -0.15) is 0 Å². The van der Waals surface area contributed by atoms with Crippen LogP contribution in [0.4, 0.5) is 0 Å². The zero-order valence-electron chi connectivity index (χ0n) is 16.2. The number of aromatic nitrogens is 1. The quantitative estimate of drug-likeness (QED) is 0.338. The van der Waals surface area contributed by atoms with Crippen LogP contribution in [0.15, 0.2) is 109 Å². The largest absolute Gasteiger partial charge is 0.307 e. The molecule has 2 heterocycles. The van der Waals surface area contributed by atoms with Gasteiger partial charge in [-0.25, -0.2) is 0 Å². The van der Waals surface area contributed by atoms with Crippen LogP contribution >= 0.6 is 7.14 Å². The van der Waals surface area contributed by atoms with Crippen LogP contribution in [0.2, 0.25) is 0 Å². The molecule has 0 saturated heterocycles. The molecule has 1 atom stereocenters. The number of benzene rings is 4. The van der Waals surface area contributed by atoms with E-state index < -0.39 is 7.14 Å². The Morgan fingerprint density at radius 3 is 2.10 bits per heavy atom. The summed E-state index contributed by atoms with van der Waals surface area (Å²) in [4.78, 5) is 4.59. The minimum Gasteiger partial charge on any atom is -0.307 e. The predicted molar refractivity (Wildman–Crippen MR) is 126 cm³/mol. The Labute approximate surface area is 175 Å². The van der Waals surface area contributed by atoms with E-state index in [4.69, 9.17) is 0 Å². The summed E-state index contributed by atoms with van der Waals surface area (Å²) in [6.07, 6.45) is 1.73. The fraction of sp³-hybridized carbons (Fsp3) is 0. The van der Waals surface area contributed by atoms with Crippen molar-refractivity contribution in [1.29, 1.82) is 0 Å². The lowest BCUT2D eigenvalue weighted by molar-refractivity contribution is 0.592. The Bertz CT molecular complexity index is 1470. The molecule has 1 aromatic heterocycles. The molecule has 142 valence electrons. The number of fused-ring (bicyclic) bond motifs is 7. The molecule has 0 N–H and O–H groups in total. The molecule has 3 heteroatoms. The number of hydrogen-bond acceptors (Lipinski definition) is 2. The van der Waals surface area contributed by atoms with Crippen LogP contribution in [-0.2, 0) is 4.57 Å². The summed E-state index contributed by atoms with van der Waals surface area (Å²) in [5.41, 5.74) is 4.92. The Balaban J connectivity index is 1.89. The maximum Gasteiger partial charge on any atom is 0.189 e. The standard InChI is InChI=1S/C27H18NOP/c29-30(26-15-7-8-18-28-26)24-14-6-5-12-22(24)21-11-3-4-13-23(21)27-20-10-2-1-9-19(20)16-17-25(27)30/h1-18H. The van der Waals surface area contributed by atoms with Gasteiger partial charge in [0.2, 0.25) is 0 Å². The van der Waals surface area contributed by atoms with Gasteiger partial charge in [0.15, 0.2) is 7.14 Å². The second kappa shape index (κ2) is 6.52. The molecular weight excluding hydrogens is 385 g/mol. The number of hydrogen-bond donors (Lipinski definition) is 0. The lowest BCUT2D eigenvalue weighted by Gasteiger charge is -2.21. The summed E-state index contributed by atoms with van der Waals surface area (Å²) in [7, 11) is -3.19. The fourth-order valence-corrected chi connectivity index (χ4v) is 7.58. The van der Waals surface area contributed by atoms with Gasteiger partial charge in [-0.3, -0.25) is 4.98 Å². The van der Waals surface area contributed by atoms with Crippen molar-refractivity contribution in [2.24, 2.45) is 0 Å². The second-order valence-corrected chi connectivity index (χ2v) is 10.2. The Morgan fingerprint density at radius 2 is 1.27 bits per heavy atom. The van der Waals surface area contributed by atoms with Crippen LogP contribution in [0, 0.1) is 0 Å². The molecule has 0 bridgehead atoms. The number of rotatable bonds is 1. The van der Waals surface area contributed by atoms with Gasteiger partial charge in [-0.05, 0) is 45.7 Å². The van der Waals surface area contributed by atoms with Crippen molar-refractivity contribution in [2.75, 3.05) is 0 Å². The first-order valence-corrected chi connectivity index (χ1v) is 11.7. The van der Waals surface area contributed by atoms with Crippen molar-refractivity contribution in [3.8, 4) is 22.3 Å². The summed E-state index contributed by atoms with van der Waals surface area (Å²) in [6, 6.07) is 34.6. The van der Waals surface area contributed by atoms with Gasteiger partial charge in [0.1, 0.15) is 5.44 Å². The number of nitrogens with zero attached hydrogens (tertiary/aromatic N) is 1. The monoisotopic (exact) mass is 403 g/mol. The molecule has 0 saturated carbocycles. The molecule has 2 nitrogen and oxygen atoms in total. The fourth-order valence-electron chi connectivity index (χ4n) is 4.63. The van der Waals surface area contributed by atoms with Crippen LogP contribution in [0.1, 0.15) is 0 Å². The highest BCUT2D eigenvalue weighted by atomic mass is 31.2. The van der Waals surface area contributed by atoms with Crippen LogP contribution in [0.25, 0.3) is 33.0 Å². The normalized spacial score (nSPS) is 16.9. The van der Waals surface area contributed by atoms with Crippen LogP contribution in [0.3, 0.4) is 0 Å². The summed E-state index contributed by atoms with van der Waals surface area (Å²) in [6.45, 7) is 0. The maximum absolute atomic E-state index is 15.1. The molecule has 0 radical (unpaired) electrons. The van der Waals surface area contributed by atoms with Crippen molar-refractivity contribution >= 4 is 34.0 Å². The average Bonchev–Trinajstić information content (AvgIpc) is 2.92. The molecule has 0 spiro atoms. The predicted octanol–water partition coefficient (Wildman–Crippen LogP) is 5.52. The highest BCUT2D eigenvalue weighted by Crippen LogP contribution is 2.52. The molecule has 4 aromatic carbocycles. The van der Waals surface area contributed by atoms with Crippen molar-refractivity contribution in [3.63, 3.8) is 0 Å². The SMILES string of the molecule is O=P1(c2ccccn2)c2ccccc2-c2ccccc2-c2c1ccc1ccccc21. The smallest absolute Gasteiger partial charge is 0.189 e. The van der Waals surface area contributed by atoms with E-state index in [0.717, 1.165) is 43.6 Å². The topological polar surface area (TPSA) is 30.0 Å². The summed E-state index contributed by atoms with van der Waals surface area (Å²) in [5, 5.41) is 3.97. The minimum absolute atomic E-state index is 0.627. The molecule has 1 aliphatic rings. The molecule has 6 rings (SSSR count). The van der Waals surface area contributed by atoms with Crippen LogP contribution in [-0.4, -0.2) is 4.98 Å². The number of pyridine rings is 1. The molecule has 1 aliphatic heterocycles. The molecular formula is C27H18NOP. The molecule has 30 heavy (non-hydrogen) atoms. The summed E-state index contributed by atoms with van der Waals surface area (Å²) in [5.74, 6) is 0. The second-order valence-electron chi connectivity index (χ2n) is 7.54. The van der Waals surface area contributed by atoms with Gasteiger partial charge in [-0.15, -0.1) is 0 Å². The van der Waals surface area contributed by atoms with Crippen molar-refractivity contribution < 1.29 is 4.57 Å². The van der Waals surface area contributed by atoms with E-state index in [2.05, 4.69) is 59.6 Å². The van der Waals surface area contributed by atoms with E-state index in [1.54, 1.807) is 6.20 Å². The molecule has 0 amide bonds. The van der Waals surface area contributed by atoms with Crippen molar-refractivity contribution in [3.05, 3.63) is 109 Å². The Morgan fingerprint density at radius 1 is 0.567 bits per heavy atom. The minimum atomic E-state index is -3.19. The average molecular weight is 403 g/mol. The molecule has 5 aromatic rings. The van der Waals surface area contributed by atoms with E-state index in [1.165, 1.54) is 0 Å². The zero-order chi connectivity index (χ0) is 20.1. The third-order valence-electron chi connectivity index (χ3n) is 5.95. The van der Waals surface area contributed by atoms with E-state index in [-0.39, 0.29) is 0 Å². The van der Waals surface area contributed by atoms with Gasteiger partial charge < -0.3 is 4.57 Å². The first-order valence-electron chi connectivity index (χ1n) is 10.0. The zero-order valence-corrected chi connectivity index (χ0v) is 17.1. The highest BCUT2D eigenvalue weighted by Gasteiger charge is 2.39. The third kappa shape index (κ3) is 2.32. The van der Waals surface area contributed by atoms with Crippen molar-refractivity contribution in [1.82, 2.24) is 4.98 Å². The van der Waals surface area contributed by atoms with E-state index in [0.29, 0.717) is 5.44 Å². The van der Waals surface area contributed by atoms with Crippen LogP contribution in [0.5, 0.6) is 0 Å². The molecule has 0 fully saturated rings. The van der Waals surface area contributed by atoms with Gasteiger partial charge in [0, 0.05) is 22.4 Å². The lowest BCUT2D eigenvalue weighted by atomic mass is 9.91. The van der Waals surface area contributed by atoms with Crippen LogP contribution < -0.4 is 16.0 Å². The Kier molecular flexibility index (Phi) is 3.78. The molecule has 1 unspecified atom stereocenters. The summed E-state index contributed by atoms with van der Waals surface area (Å²) < 4.78 is 15.1. The Hall–Kier alpha value is -3.48. The highest BCUT2D eigenvalue weighted by molar-refractivity contribution is 7.85. The van der Waals surface area contributed by atoms with E-state index >= 15 is 4.57 Å². The maximum atomic E-state index is 15.1. The summed E-state index contributed by atoms with van der Waals surface area (Å²) >= 11 is 0. The van der Waals surface area contributed by atoms with Gasteiger partial charge in [-0.1, -0.05) is 84.9 Å². The first kappa shape index (κ1) is 17.4. The third-order valence-corrected chi connectivity index (χ3v) is 8.98. The van der Waals surface area contributed by atoms with E-state index in [9.17, 15) is 0 Å². The van der Waals surface area contributed by atoms with E-state index in [1.807, 2.05) is 48.5 Å². The lowest BCUT2D eigenvalue weighted by Crippen LogP contribution is -2.28. The first-order chi connectivity index (χ1) is 14.8. The molecule has 0 aliphatic carbocycles. The van der Waals surface area contributed by atoms with Gasteiger partial charge >= 0.3 is 0 Å².